The number of ether oxygens (including phenoxy) is 1. The molecule has 2 aromatic heterocycles. The van der Waals surface area contributed by atoms with Crippen LogP contribution < -0.4 is 10.2 Å². The standard InChI is InChI=1S/C17H23ClN6O2/c1-3-11-14(18)23-15(21-11)16(25)22-12-6-9-24(10-13(12)26-4-2)17-19-7-5-8-20-17/h5,7-8,12-13H,3-4,6,9-10H2,1-2H3,(H,21,23)(H,22,25)/t12?,13-/m0/s1. The van der Waals surface area contributed by atoms with Crippen LogP contribution in [0.2, 0.25) is 5.15 Å². The van der Waals surface area contributed by atoms with Gasteiger partial charge in [-0.15, -0.1) is 0 Å². The highest BCUT2D eigenvalue weighted by molar-refractivity contribution is 6.30. The molecule has 1 unspecified atom stereocenters. The number of hydrogen-bond donors (Lipinski definition) is 2. The molecule has 2 N–H and O–H groups in total. The second-order valence-electron chi connectivity index (χ2n) is 6.07. The second kappa shape index (κ2) is 8.46. The minimum Gasteiger partial charge on any atom is -0.375 e. The quantitative estimate of drug-likeness (QED) is 0.796. The van der Waals surface area contributed by atoms with E-state index in [2.05, 4.69) is 30.2 Å². The molecule has 140 valence electrons. The summed E-state index contributed by atoms with van der Waals surface area (Å²) in [5, 5.41) is 3.37. The van der Waals surface area contributed by atoms with Gasteiger partial charge in [0.2, 0.25) is 5.95 Å². The Morgan fingerprint density at radius 1 is 1.42 bits per heavy atom. The number of carbonyl (C=O) groups excluding carboxylic acids is 1. The van der Waals surface area contributed by atoms with Crippen LogP contribution in [0, 0.1) is 0 Å². The van der Waals surface area contributed by atoms with Gasteiger partial charge in [-0.3, -0.25) is 4.79 Å². The summed E-state index contributed by atoms with van der Waals surface area (Å²) in [5.41, 5.74) is 0.759. The molecule has 3 heterocycles. The summed E-state index contributed by atoms with van der Waals surface area (Å²) in [6, 6.07) is 1.67. The van der Waals surface area contributed by atoms with E-state index in [-0.39, 0.29) is 23.9 Å². The Hall–Kier alpha value is -2.19. The van der Waals surface area contributed by atoms with E-state index in [9.17, 15) is 4.79 Å². The summed E-state index contributed by atoms with van der Waals surface area (Å²) in [7, 11) is 0. The third-order valence-corrected chi connectivity index (χ3v) is 4.70. The molecule has 0 aromatic carbocycles. The van der Waals surface area contributed by atoms with E-state index in [0.29, 0.717) is 30.7 Å². The van der Waals surface area contributed by atoms with Gasteiger partial charge >= 0.3 is 0 Å². The van der Waals surface area contributed by atoms with E-state index in [1.165, 1.54) is 0 Å². The van der Waals surface area contributed by atoms with Gasteiger partial charge < -0.3 is 19.9 Å². The third-order valence-electron chi connectivity index (χ3n) is 4.39. The van der Waals surface area contributed by atoms with Crippen LogP contribution in [0.25, 0.3) is 0 Å². The number of H-pyrrole nitrogens is 1. The molecule has 2 aromatic rings. The third kappa shape index (κ3) is 4.13. The minimum atomic E-state index is -0.272. The normalized spacial score (nSPS) is 20.2. The number of aryl methyl sites for hydroxylation is 1. The van der Waals surface area contributed by atoms with Crippen LogP contribution >= 0.6 is 11.6 Å². The number of aromatic amines is 1. The first-order valence-corrected chi connectivity index (χ1v) is 9.19. The number of rotatable bonds is 6. The van der Waals surface area contributed by atoms with Crippen LogP contribution in [-0.4, -0.2) is 57.7 Å². The Bertz CT molecular complexity index is 738. The predicted octanol–water partition coefficient (Wildman–Crippen LogP) is 1.83. The Morgan fingerprint density at radius 2 is 2.19 bits per heavy atom. The van der Waals surface area contributed by atoms with Gasteiger partial charge in [0.05, 0.1) is 17.8 Å². The van der Waals surface area contributed by atoms with Crippen molar-refractivity contribution in [2.24, 2.45) is 0 Å². The zero-order valence-corrected chi connectivity index (χ0v) is 15.7. The lowest BCUT2D eigenvalue weighted by Crippen LogP contribution is -2.55. The van der Waals surface area contributed by atoms with Gasteiger partial charge in [-0.2, -0.15) is 0 Å². The van der Waals surface area contributed by atoms with E-state index in [1.54, 1.807) is 18.5 Å². The highest BCUT2D eigenvalue weighted by Gasteiger charge is 2.32. The molecular weight excluding hydrogens is 356 g/mol. The number of carbonyl (C=O) groups is 1. The maximum Gasteiger partial charge on any atom is 0.287 e. The molecule has 0 radical (unpaired) electrons. The molecule has 0 bridgehead atoms. The average Bonchev–Trinajstić information content (AvgIpc) is 3.05. The molecule has 1 aliphatic rings. The maximum atomic E-state index is 12.5. The predicted molar refractivity (Wildman–Crippen MR) is 98.5 cm³/mol. The first-order chi connectivity index (χ1) is 12.6. The van der Waals surface area contributed by atoms with Crippen molar-refractivity contribution in [2.45, 2.75) is 38.8 Å². The number of hydrogen-bond acceptors (Lipinski definition) is 6. The van der Waals surface area contributed by atoms with Crippen molar-refractivity contribution in [3.05, 3.63) is 35.1 Å². The van der Waals surface area contributed by atoms with Crippen molar-refractivity contribution in [3.8, 4) is 0 Å². The Kier molecular flexibility index (Phi) is 6.05. The maximum absolute atomic E-state index is 12.5. The molecular formula is C17H23ClN6O2. The fourth-order valence-corrected chi connectivity index (χ4v) is 3.33. The van der Waals surface area contributed by atoms with Crippen molar-refractivity contribution in [3.63, 3.8) is 0 Å². The fraction of sp³-hybridized carbons (Fsp3) is 0.529. The molecule has 1 saturated heterocycles. The molecule has 1 aliphatic heterocycles. The van der Waals surface area contributed by atoms with E-state index in [0.717, 1.165) is 18.7 Å². The number of nitrogens with zero attached hydrogens (tertiary/aromatic N) is 4. The monoisotopic (exact) mass is 378 g/mol. The lowest BCUT2D eigenvalue weighted by molar-refractivity contribution is 0.0269. The van der Waals surface area contributed by atoms with E-state index in [4.69, 9.17) is 16.3 Å². The second-order valence-corrected chi connectivity index (χ2v) is 6.42. The Balaban J connectivity index is 1.67. The van der Waals surface area contributed by atoms with Crippen molar-refractivity contribution in [1.29, 1.82) is 0 Å². The molecule has 8 nitrogen and oxygen atoms in total. The average molecular weight is 379 g/mol. The number of amides is 1. The van der Waals surface area contributed by atoms with Crippen LogP contribution in [0.1, 0.15) is 36.6 Å². The van der Waals surface area contributed by atoms with Crippen LogP contribution in [-0.2, 0) is 11.2 Å². The van der Waals surface area contributed by atoms with Crippen molar-refractivity contribution in [1.82, 2.24) is 25.3 Å². The Morgan fingerprint density at radius 3 is 2.85 bits per heavy atom. The largest absolute Gasteiger partial charge is 0.375 e. The number of anilines is 1. The number of halogens is 1. The van der Waals surface area contributed by atoms with Gasteiger partial charge in [0.25, 0.3) is 5.91 Å². The smallest absolute Gasteiger partial charge is 0.287 e. The zero-order valence-electron chi connectivity index (χ0n) is 14.9. The van der Waals surface area contributed by atoms with E-state index >= 15 is 0 Å². The molecule has 0 spiro atoms. The number of piperidine rings is 1. The highest BCUT2D eigenvalue weighted by atomic mass is 35.5. The van der Waals surface area contributed by atoms with E-state index < -0.39 is 0 Å². The molecule has 1 amide bonds. The summed E-state index contributed by atoms with van der Waals surface area (Å²) < 4.78 is 5.87. The molecule has 0 saturated carbocycles. The minimum absolute atomic E-state index is 0.114. The molecule has 2 atom stereocenters. The van der Waals surface area contributed by atoms with Gasteiger partial charge in [0.15, 0.2) is 11.0 Å². The summed E-state index contributed by atoms with van der Waals surface area (Å²) in [6.07, 6.45) is 4.70. The number of aromatic nitrogens is 4. The summed E-state index contributed by atoms with van der Waals surface area (Å²) >= 11 is 6.03. The van der Waals surface area contributed by atoms with Crippen molar-refractivity contribution >= 4 is 23.5 Å². The van der Waals surface area contributed by atoms with E-state index in [1.807, 2.05) is 13.8 Å². The SMILES string of the molecule is CCO[C@H]1CN(c2ncccn2)CCC1NC(=O)c1nc(Cl)c(CC)[nH]1. The molecule has 0 aliphatic carbocycles. The fourth-order valence-electron chi connectivity index (χ4n) is 3.07. The van der Waals surface area contributed by atoms with Gasteiger partial charge in [0.1, 0.15) is 0 Å². The zero-order chi connectivity index (χ0) is 18.5. The molecule has 3 rings (SSSR count). The molecule has 1 fully saturated rings. The van der Waals surface area contributed by atoms with Crippen LogP contribution in [0.3, 0.4) is 0 Å². The summed E-state index contributed by atoms with van der Waals surface area (Å²) in [5.74, 6) is 0.633. The lowest BCUT2D eigenvalue weighted by atomic mass is 10.0. The van der Waals surface area contributed by atoms with Crippen molar-refractivity contribution < 1.29 is 9.53 Å². The first-order valence-electron chi connectivity index (χ1n) is 8.81. The molecule has 26 heavy (non-hydrogen) atoms. The molecule has 9 heteroatoms. The van der Waals surface area contributed by atoms with Crippen LogP contribution in [0.5, 0.6) is 0 Å². The highest BCUT2D eigenvalue weighted by Crippen LogP contribution is 2.19. The lowest BCUT2D eigenvalue weighted by Gasteiger charge is -2.38. The van der Waals surface area contributed by atoms with Crippen LogP contribution in [0.15, 0.2) is 18.5 Å². The summed E-state index contributed by atoms with van der Waals surface area (Å²) in [4.78, 5) is 30.3. The topological polar surface area (TPSA) is 96.0 Å². The number of imidazole rings is 1. The number of nitrogens with one attached hydrogen (secondary N) is 2. The van der Waals surface area contributed by atoms with Crippen LogP contribution in [0.4, 0.5) is 5.95 Å². The van der Waals surface area contributed by atoms with Gasteiger partial charge in [-0.1, -0.05) is 18.5 Å². The summed E-state index contributed by atoms with van der Waals surface area (Å²) in [6.45, 7) is 5.80. The van der Waals surface area contributed by atoms with Gasteiger partial charge in [-0.25, -0.2) is 15.0 Å². The Labute approximate surface area is 157 Å². The first kappa shape index (κ1) is 18.6. The van der Waals surface area contributed by atoms with Crippen molar-refractivity contribution in [2.75, 3.05) is 24.6 Å². The van der Waals surface area contributed by atoms with Gasteiger partial charge in [0, 0.05) is 32.1 Å². The van der Waals surface area contributed by atoms with Gasteiger partial charge in [-0.05, 0) is 25.8 Å².